The normalized spacial score (nSPS) is 11.4. The molecule has 0 atom stereocenters. The van der Waals surface area contributed by atoms with Gasteiger partial charge in [0.2, 0.25) is 0 Å². The molecular formula is C7H3ClF3IN2O3. The summed E-state index contributed by atoms with van der Waals surface area (Å²) < 4.78 is 39.7. The van der Waals surface area contributed by atoms with Crippen LogP contribution in [0.4, 0.5) is 19.0 Å². The molecule has 94 valence electrons. The molecule has 0 spiro atoms. The molecule has 0 N–H and O–H groups in total. The predicted molar refractivity (Wildman–Crippen MR) is 59.8 cm³/mol. The third kappa shape index (κ3) is 3.56. The molecule has 17 heavy (non-hydrogen) atoms. The second-order valence-electron chi connectivity index (χ2n) is 2.69. The van der Waals surface area contributed by atoms with Crippen molar-refractivity contribution in [2.45, 2.75) is 12.2 Å². The van der Waals surface area contributed by atoms with Crippen LogP contribution >= 0.6 is 34.2 Å². The second kappa shape index (κ2) is 5.21. The maximum atomic E-state index is 12.1. The van der Waals surface area contributed by atoms with Crippen molar-refractivity contribution in [1.82, 2.24) is 4.98 Å². The van der Waals surface area contributed by atoms with Crippen LogP contribution in [-0.4, -0.2) is 16.3 Å². The average molecular weight is 382 g/mol. The summed E-state index contributed by atoms with van der Waals surface area (Å²) in [5.74, 6) is -1.69. The van der Waals surface area contributed by atoms with Gasteiger partial charge in [-0.05, 0) is 32.5 Å². The first-order chi connectivity index (χ1) is 7.76. The third-order valence-corrected chi connectivity index (χ3v) is 2.82. The standard InChI is InChI=1S/C7H3ClF3IN2O3/c8-1-3-2-13-6(14(15)16)4(12)5(3)17-7(9,10)11/h2H,1H2. The Morgan fingerprint density at radius 1 is 1.59 bits per heavy atom. The van der Waals surface area contributed by atoms with Crippen molar-refractivity contribution in [3.8, 4) is 5.75 Å². The summed E-state index contributed by atoms with van der Waals surface area (Å²) in [5, 5.41) is 10.5. The van der Waals surface area contributed by atoms with E-state index < -0.39 is 22.9 Å². The lowest BCUT2D eigenvalue weighted by Gasteiger charge is -2.12. The first-order valence-electron chi connectivity index (χ1n) is 3.89. The van der Waals surface area contributed by atoms with Gasteiger partial charge in [0, 0.05) is 0 Å². The van der Waals surface area contributed by atoms with Crippen LogP contribution in [-0.2, 0) is 5.88 Å². The highest BCUT2D eigenvalue weighted by atomic mass is 127. The molecule has 1 aromatic heterocycles. The molecule has 0 aliphatic carbocycles. The topological polar surface area (TPSA) is 65.3 Å². The van der Waals surface area contributed by atoms with Gasteiger partial charge in [0.25, 0.3) is 0 Å². The minimum atomic E-state index is -4.95. The number of hydrogen-bond acceptors (Lipinski definition) is 4. The summed E-state index contributed by atoms with van der Waals surface area (Å²) in [6.45, 7) is 0. The number of ether oxygens (including phenoxy) is 1. The highest BCUT2D eigenvalue weighted by molar-refractivity contribution is 14.1. The van der Waals surface area contributed by atoms with Crippen LogP contribution in [0.25, 0.3) is 0 Å². The maximum Gasteiger partial charge on any atom is 0.573 e. The second-order valence-corrected chi connectivity index (χ2v) is 4.03. The Bertz CT molecular complexity index is 455. The Labute approximate surface area is 111 Å². The van der Waals surface area contributed by atoms with Gasteiger partial charge in [-0.3, -0.25) is 0 Å². The molecule has 0 fully saturated rings. The van der Waals surface area contributed by atoms with Crippen molar-refractivity contribution >= 4 is 40.0 Å². The van der Waals surface area contributed by atoms with Gasteiger partial charge in [0.05, 0.1) is 11.4 Å². The van der Waals surface area contributed by atoms with Gasteiger partial charge >= 0.3 is 12.2 Å². The quantitative estimate of drug-likeness (QED) is 0.348. The smallest absolute Gasteiger partial charge is 0.404 e. The van der Waals surface area contributed by atoms with Crippen LogP contribution in [0, 0.1) is 13.7 Å². The van der Waals surface area contributed by atoms with Gasteiger partial charge in [0.15, 0.2) is 9.32 Å². The number of hydrogen-bond donors (Lipinski definition) is 0. The largest absolute Gasteiger partial charge is 0.573 e. The summed E-state index contributed by atoms with van der Waals surface area (Å²) in [5.41, 5.74) is -0.0704. The van der Waals surface area contributed by atoms with Gasteiger partial charge < -0.3 is 14.9 Å². The summed E-state index contributed by atoms with van der Waals surface area (Å²) >= 11 is 6.76. The van der Waals surface area contributed by atoms with Crippen molar-refractivity contribution in [2.75, 3.05) is 0 Å². The first-order valence-corrected chi connectivity index (χ1v) is 5.51. The zero-order chi connectivity index (χ0) is 13.2. The molecule has 0 amide bonds. The van der Waals surface area contributed by atoms with Crippen molar-refractivity contribution < 1.29 is 22.8 Å². The fourth-order valence-electron chi connectivity index (χ4n) is 0.945. The lowest BCUT2D eigenvalue weighted by molar-refractivity contribution is -0.390. The number of pyridine rings is 1. The number of nitrogens with zero attached hydrogens (tertiary/aromatic N) is 2. The molecule has 5 nitrogen and oxygen atoms in total. The van der Waals surface area contributed by atoms with Crippen molar-refractivity contribution in [2.24, 2.45) is 0 Å². The van der Waals surface area contributed by atoms with Gasteiger partial charge in [-0.25, -0.2) is 0 Å². The molecule has 0 aliphatic rings. The zero-order valence-electron chi connectivity index (χ0n) is 7.79. The molecule has 1 rings (SSSR count). The van der Waals surface area contributed by atoms with Crippen LogP contribution in [0.5, 0.6) is 5.75 Å². The molecule has 0 radical (unpaired) electrons. The van der Waals surface area contributed by atoms with E-state index >= 15 is 0 Å². The molecule has 0 aromatic carbocycles. The summed E-state index contributed by atoms with van der Waals surface area (Å²) in [6.07, 6.45) is -4.07. The highest BCUT2D eigenvalue weighted by Gasteiger charge is 2.35. The van der Waals surface area contributed by atoms with Crippen LogP contribution in [0.1, 0.15) is 5.56 Å². The van der Waals surface area contributed by atoms with E-state index in [2.05, 4.69) is 9.72 Å². The van der Waals surface area contributed by atoms with E-state index in [1.165, 1.54) is 22.6 Å². The molecular weight excluding hydrogens is 379 g/mol. The number of alkyl halides is 4. The molecule has 0 bridgehead atoms. The monoisotopic (exact) mass is 382 g/mol. The maximum absolute atomic E-state index is 12.1. The average Bonchev–Trinajstić information content (AvgIpc) is 2.18. The molecule has 0 aliphatic heterocycles. The van der Waals surface area contributed by atoms with Gasteiger partial charge in [-0.15, -0.1) is 24.8 Å². The SMILES string of the molecule is O=[N+]([O-])c1ncc(CCl)c(OC(F)(F)F)c1I. The molecule has 0 saturated carbocycles. The van der Waals surface area contributed by atoms with Gasteiger partial charge in [0.1, 0.15) is 6.20 Å². The molecule has 0 saturated heterocycles. The number of aromatic nitrogens is 1. The molecule has 1 aromatic rings. The van der Waals surface area contributed by atoms with Crippen molar-refractivity contribution in [1.29, 1.82) is 0 Å². The Hall–Kier alpha value is -0.840. The van der Waals surface area contributed by atoms with Gasteiger partial charge in [-0.1, -0.05) is 0 Å². The van der Waals surface area contributed by atoms with Crippen LogP contribution in [0.2, 0.25) is 0 Å². The molecule has 1 heterocycles. The number of nitro groups is 1. The minimum Gasteiger partial charge on any atom is -0.404 e. The van der Waals surface area contributed by atoms with E-state index in [0.29, 0.717) is 0 Å². The van der Waals surface area contributed by atoms with Crippen LogP contribution in [0.3, 0.4) is 0 Å². The lowest BCUT2D eigenvalue weighted by Crippen LogP contribution is -2.19. The van der Waals surface area contributed by atoms with E-state index in [4.69, 9.17) is 11.6 Å². The van der Waals surface area contributed by atoms with E-state index in [1.54, 1.807) is 0 Å². The lowest BCUT2D eigenvalue weighted by atomic mass is 10.3. The highest BCUT2D eigenvalue weighted by Crippen LogP contribution is 2.35. The van der Waals surface area contributed by atoms with E-state index in [0.717, 1.165) is 6.20 Å². The fraction of sp³-hybridized carbons (Fsp3) is 0.286. The summed E-state index contributed by atoms with van der Waals surface area (Å²) in [4.78, 5) is 13.0. The Morgan fingerprint density at radius 3 is 2.59 bits per heavy atom. The first kappa shape index (κ1) is 14.2. The number of halogens is 5. The minimum absolute atomic E-state index is 0.0704. The Kier molecular flexibility index (Phi) is 4.36. The third-order valence-electron chi connectivity index (χ3n) is 1.56. The Morgan fingerprint density at radius 2 is 2.18 bits per heavy atom. The van der Waals surface area contributed by atoms with Crippen LogP contribution in [0.15, 0.2) is 6.20 Å². The van der Waals surface area contributed by atoms with Crippen molar-refractivity contribution in [3.63, 3.8) is 0 Å². The molecule has 10 heteroatoms. The van der Waals surface area contributed by atoms with E-state index in [9.17, 15) is 23.3 Å². The van der Waals surface area contributed by atoms with Gasteiger partial charge in [-0.2, -0.15) is 0 Å². The number of rotatable bonds is 3. The fourth-order valence-corrected chi connectivity index (χ4v) is 1.93. The summed E-state index contributed by atoms with van der Waals surface area (Å²) in [7, 11) is 0. The van der Waals surface area contributed by atoms with E-state index in [-0.39, 0.29) is 15.0 Å². The summed E-state index contributed by atoms with van der Waals surface area (Å²) in [6, 6.07) is 0. The van der Waals surface area contributed by atoms with Crippen molar-refractivity contribution in [3.05, 3.63) is 25.4 Å². The Balaban J connectivity index is 3.32. The van der Waals surface area contributed by atoms with Crippen LogP contribution < -0.4 is 4.74 Å². The van der Waals surface area contributed by atoms with E-state index in [1.807, 2.05) is 0 Å². The molecule has 0 unspecified atom stereocenters. The zero-order valence-corrected chi connectivity index (χ0v) is 10.7. The predicted octanol–water partition coefficient (Wildman–Crippen LogP) is 3.23.